The van der Waals surface area contributed by atoms with Gasteiger partial charge in [-0.15, -0.1) is 0 Å². The van der Waals surface area contributed by atoms with Crippen LogP contribution in [-0.4, -0.2) is 14.2 Å². The number of rotatable bonds is 5. The van der Waals surface area contributed by atoms with Gasteiger partial charge in [0.1, 0.15) is 11.6 Å². The average Bonchev–Trinajstić information content (AvgIpc) is 2.48. The Bertz CT molecular complexity index is 435. The van der Waals surface area contributed by atoms with E-state index in [-0.39, 0.29) is 11.9 Å². The van der Waals surface area contributed by atoms with E-state index in [0.29, 0.717) is 5.92 Å². The van der Waals surface area contributed by atoms with Crippen LogP contribution in [0.5, 0.6) is 5.75 Å². The maximum atomic E-state index is 13.6. The Labute approximate surface area is 121 Å². The van der Waals surface area contributed by atoms with Crippen LogP contribution in [-0.2, 0) is 0 Å². The monoisotopic (exact) mass is 279 g/mol. The molecule has 1 aliphatic rings. The summed E-state index contributed by atoms with van der Waals surface area (Å²) in [5.74, 6) is 1.96. The molecule has 1 aliphatic carbocycles. The van der Waals surface area contributed by atoms with Crippen LogP contribution in [0.15, 0.2) is 18.2 Å². The van der Waals surface area contributed by atoms with E-state index in [4.69, 9.17) is 4.74 Å². The van der Waals surface area contributed by atoms with Gasteiger partial charge in [0.25, 0.3) is 0 Å². The van der Waals surface area contributed by atoms with Gasteiger partial charge in [-0.05, 0) is 49.9 Å². The quantitative estimate of drug-likeness (QED) is 0.867. The molecule has 2 rings (SSSR count). The molecule has 1 fully saturated rings. The van der Waals surface area contributed by atoms with Crippen LogP contribution in [0.3, 0.4) is 0 Å². The van der Waals surface area contributed by atoms with Crippen molar-refractivity contribution in [2.75, 3.05) is 14.2 Å². The van der Waals surface area contributed by atoms with E-state index in [1.807, 2.05) is 7.05 Å². The molecule has 1 N–H and O–H groups in total. The summed E-state index contributed by atoms with van der Waals surface area (Å²) in [6.45, 7) is 2.27. The smallest absolute Gasteiger partial charge is 0.123 e. The molecule has 0 aromatic heterocycles. The van der Waals surface area contributed by atoms with Crippen LogP contribution >= 0.6 is 0 Å². The Hall–Kier alpha value is -1.09. The minimum atomic E-state index is -0.191. The standard InChI is InChI=1S/C17H26FNO/c1-4-12-6-5-7-13(10-12)17(19-2)15-11-14(18)8-9-16(15)20-3/h8-9,11-13,17,19H,4-7,10H2,1-3H3. The van der Waals surface area contributed by atoms with Gasteiger partial charge in [0.15, 0.2) is 0 Å². The van der Waals surface area contributed by atoms with E-state index >= 15 is 0 Å². The van der Waals surface area contributed by atoms with Gasteiger partial charge in [0.05, 0.1) is 7.11 Å². The van der Waals surface area contributed by atoms with Gasteiger partial charge < -0.3 is 10.1 Å². The summed E-state index contributed by atoms with van der Waals surface area (Å²) in [5.41, 5.74) is 0.955. The third kappa shape index (κ3) is 3.32. The molecule has 3 heteroatoms. The van der Waals surface area contributed by atoms with E-state index in [2.05, 4.69) is 12.2 Å². The summed E-state index contributed by atoms with van der Waals surface area (Å²) in [5, 5.41) is 3.39. The zero-order valence-electron chi connectivity index (χ0n) is 12.8. The fourth-order valence-corrected chi connectivity index (χ4v) is 3.60. The van der Waals surface area contributed by atoms with Gasteiger partial charge >= 0.3 is 0 Å². The molecule has 0 aliphatic heterocycles. The third-order valence-electron chi connectivity index (χ3n) is 4.71. The normalized spacial score (nSPS) is 24.4. The SMILES string of the molecule is CCC1CCCC(C(NC)c2cc(F)ccc2OC)C1. The van der Waals surface area contributed by atoms with Crippen molar-refractivity contribution in [2.45, 2.75) is 45.1 Å². The highest BCUT2D eigenvalue weighted by Gasteiger charge is 2.29. The molecular formula is C17H26FNO. The number of hydrogen-bond donors (Lipinski definition) is 1. The lowest BCUT2D eigenvalue weighted by molar-refractivity contribution is 0.212. The van der Waals surface area contributed by atoms with Crippen LogP contribution < -0.4 is 10.1 Å². The number of methoxy groups -OCH3 is 1. The van der Waals surface area contributed by atoms with Gasteiger partial charge in [0.2, 0.25) is 0 Å². The van der Waals surface area contributed by atoms with Crippen LogP contribution in [0.1, 0.15) is 50.6 Å². The second kappa shape index (κ2) is 7.07. The minimum Gasteiger partial charge on any atom is -0.496 e. The van der Waals surface area contributed by atoms with Crippen molar-refractivity contribution in [1.82, 2.24) is 5.32 Å². The van der Waals surface area contributed by atoms with Crippen molar-refractivity contribution in [1.29, 1.82) is 0 Å². The van der Waals surface area contributed by atoms with E-state index < -0.39 is 0 Å². The highest BCUT2D eigenvalue weighted by Crippen LogP contribution is 2.40. The predicted octanol–water partition coefficient (Wildman–Crippen LogP) is 4.31. The minimum absolute atomic E-state index is 0.176. The van der Waals surface area contributed by atoms with Crippen molar-refractivity contribution in [3.05, 3.63) is 29.6 Å². The van der Waals surface area contributed by atoms with Crippen LogP contribution in [0.25, 0.3) is 0 Å². The molecule has 0 amide bonds. The van der Waals surface area contributed by atoms with Crippen molar-refractivity contribution in [2.24, 2.45) is 11.8 Å². The number of hydrogen-bond acceptors (Lipinski definition) is 2. The zero-order chi connectivity index (χ0) is 14.5. The Morgan fingerprint density at radius 1 is 1.40 bits per heavy atom. The van der Waals surface area contributed by atoms with Gasteiger partial charge in [0, 0.05) is 11.6 Å². The summed E-state index contributed by atoms with van der Waals surface area (Å²) < 4.78 is 19.0. The van der Waals surface area contributed by atoms with Crippen LogP contribution in [0, 0.1) is 17.7 Å². The molecule has 2 nitrogen and oxygen atoms in total. The number of benzene rings is 1. The first kappa shape index (κ1) is 15.3. The Kier molecular flexibility index (Phi) is 5.41. The van der Waals surface area contributed by atoms with Crippen molar-refractivity contribution < 1.29 is 9.13 Å². The predicted molar refractivity (Wildman–Crippen MR) is 80.5 cm³/mol. The zero-order valence-corrected chi connectivity index (χ0v) is 12.8. The fraction of sp³-hybridized carbons (Fsp3) is 0.647. The topological polar surface area (TPSA) is 21.3 Å². The fourth-order valence-electron chi connectivity index (χ4n) is 3.60. The van der Waals surface area contributed by atoms with Crippen molar-refractivity contribution in [3.63, 3.8) is 0 Å². The molecule has 0 spiro atoms. The Morgan fingerprint density at radius 3 is 2.85 bits per heavy atom. The molecule has 1 saturated carbocycles. The van der Waals surface area contributed by atoms with E-state index in [9.17, 15) is 4.39 Å². The highest BCUT2D eigenvalue weighted by molar-refractivity contribution is 5.37. The summed E-state index contributed by atoms with van der Waals surface area (Å²) in [4.78, 5) is 0. The maximum Gasteiger partial charge on any atom is 0.123 e. The first-order chi connectivity index (χ1) is 9.69. The molecule has 0 bridgehead atoms. The number of nitrogens with one attached hydrogen (secondary N) is 1. The molecule has 1 aromatic carbocycles. The lowest BCUT2D eigenvalue weighted by Gasteiger charge is -2.35. The first-order valence-electron chi connectivity index (χ1n) is 7.70. The van der Waals surface area contributed by atoms with Crippen LogP contribution in [0.2, 0.25) is 0 Å². The Morgan fingerprint density at radius 2 is 2.20 bits per heavy atom. The molecule has 3 unspecified atom stereocenters. The molecule has 0 saturated heterocycles. The summed E-state index contributed by atoms with van der Waals surface area (Å²) in [7, 11) is 3.61. The average molecular weight is 279 g/mol. The number of ether oxygens (including phenoxy) is 1. The largest absolute Gasteiger partial charge is 0.496 e. The van der Waals surface area contributed by atoms with Gasteiger partial charge in [-0.2, -0.15) is 0 Å². The molecule has 0 heterocycles. The summed E-state index contributed by atoms with van der Waals surface area (Å²) in [6.07, 6.45) is 6.29. The summed E-state index contributed by atoms with van der Waals surface area (Å²) in [6, 6.07) is 4.99. The van der Waals surface area contributed by atoms with E-state index in [1.165, 1.54) is 38.2 Å². The molecule has 3 atom stereocenters. The molecule has 1 aromatic rings. The maximum absolute atomic E-state index is 13.6. The molecule has 0 radical (unpaired) electrons. The van der Waals surface area contributed by atoms with E-state index in [0.717, 1.165) is 17.2 Å². The molecular weight excluding hydrogens is 253 g/mol. The Balaban J connectivity index is 2.25. The second-order valence-corrected chi connectivity index (χ2v) is 5.85. The van der Waals surface area contributed by atoms with Crippen LogP contribution in [0.4, 0.5) is 4.39 Å². The summed E-state index contributed by atoms with van der Waals surface area (Å²) >= 11 is 0. The van der Waals surface area contributed by atoms with Crippen molar-refractivity contribution >= 4 is 0 Å². The lowest BCUT2D eigenvalue weighted by atomic mass is 9.75. The van der Waals surface area contributed by atoms with E-state index in [1.54, 1.807) is 19.2 Å². The number of halogens is 1. The van der Waals surface area contributed by atoms with Crippen molar-refractivity contribution in [3.8, 4) is 5.75 Å². The van der Waals surface area contributed by atoms with Gasteiger partial charge in [-0.1, -0.05) is 26.2 Å². The third-order valence-corrected chi connectivity index (χ3v) is 4.71. The molecule has 20 heavy (non-hydrogen) atoms. The lowest BCUT2D eigenvalue weighted by Crippen LogP contribution is -2.29. The second-order valence-electron chi connectivity index (χ2n) is 5.85. The molecule has 112 valence electrons. The van der Waals surface area contributed by atoms with Gasteiger partial charge in [-0.3, -0.25) is 0 Å². The first-order valence-corrected chi connectivity index (χ1v) is 7.70. The van der Waals surface area contributed by atoms with Gasteiger partial charge in [-0.25, -0.2) is 4.39 Å². The highest BCUT2D eigenvalue weighted by atomic mass is 19.1.